The summed E-state index contributed by atoms with van der Waals surface area (Å²) < 4.78 is 0. The van der Waals surface area contributed by atoms with Crippen molar-refractivity contribution in [3.05, 3.63) is 75.9 Å². The van der Waals surface area contributed by atoms with Gasteiger partial charge in [0.15, 0.2) is 0 Å². The number of hydrogen-bond donors (Lipinski definition) is 2. The molecule has 2 aromatic carbocycles. The molecule has 0 spiro atoms. The minimum atomic E-state index is 0.600. The van der Waals surface area contributed by atoms with Crippen molar-refractivity contribution in [2.45, 2.75) is 27.3 Å². The van der Waals surface area contributed by atoms with Crippen LogP contribution in [0.5, 0.6) is 0 Å². The highest BCUT2D eigenvalue weighted by atomic mass is 35.5. The smallest absolute Gasteiger partial charge is 0.225 e. The summed E-state index contributed by atoms with van der Waals surface area (Å²) in [7, 11) is 0. The molecular formula is C20H21ClN4. The van der Waals surface area contributed by atoms with Gasteiger partial charge in [0.25, 0.3) is 0 Å². The maximum absolute atomic E-state index is 5.92. The standard InChI is InChI=1S/C20H21ClN4/c1-13-4-5-14(2)18(10-13)24-19-11-15(3)23-20(25-19)22-12-16-6-8-17(21)9-7-16/h4-11H,12H2,1-3H3,(H2,22,23,24,25). The fourth-order valence-corrected chi connectivity index (χ4v) is 2.63. The van der Waals surface area contributed by atoms with Crippen LogP contribution in [0.4, 0.5) is 17.5 Å². The van der Waals surface area contributed by atoms with Gasteiger partial charge in [0, 0.05) is 29.0 Å². The van der Waals surface area contributed by atoms with Gasteiger partial charge < -0.3 is 10.6 Å². The van der Waals surface area contributed by atoms with E-state index in [1.807, 2.05) is 37.3 Å². The van der Waals surface area contributed by atoms with Crippen molar-refractivity contribution >= 4 is 29.1 Å². The monoisotopic (exact) mass is 352 g/mol. The highest BCUT2D eigenvalue weighted by Crippen LogP contribution is 2.22. The summed E-state index contributed by atoms with van der Waals surface area (Å²) >= 11 is 5.92. The maximum Gasteiger partial charge on any atom is 0.225 e. The van der Waals surface area contributed by atoms with Gasteiger partial charge in [-0.15, -0.1) is 0 Å². The van der Waals surface area contributed by atoms with Crippen LogP contribution in [0, 0.1) is 20.8 Å². The predicted octanol–water partition coefficient (Wildman–Crippen LogP) is 5.41. The minimum Gasteiger partial charge on any atom is -0.350 e. The van der Waals surface area contributed by atoms with Crippen molar-refractivity contribution in [1.82, 2.24) is 9.97 Å². The third-order valence-corrected chi connectivity index (χ3v) is 4.13. The minimum absolute atomic E-state index is 0.600. The summed E-state index contributed by atoms with van der Waals surface area (Å²) in [6, 6.07) is 16.0. The quantitative estimate of drug-likeness (QED) is 0.644. The molecule has 0 aliphatic rings. The number of nitrogens with zero attached hydrogens (tertiary/aromatic N) is 2. The van der Waals surface area contributed by atoms with Crippen LogP contribution in [-0.2, 0) is 6.54 Å². The fraction of sp³-hybridized carbons (Fsp3) is 0.200. The van der Waals surface area contributed by atoms with Gasteiger partial charge in [-0.2, -0.15) is 4.98 Å². The van der Waals surface area contributed by atoms with Crippen LogP contribution >= 0.6 is 11.6 Å². The Morgan fingerprint density at radius 3 is 2.44 bits per heavy atom. The Labute approximate surface area is 153 Å². The lowest BCUT2D eigenvalue weighted by atomic mass is 10.1. The Balaban J connectivity index is 1.75. The Kier molecular flexibility index (Phi) is 5.19. The second kappa shape index (κ2) is 7.53. The summed E-state index contributed by atoms with van der Waals surface area (Å²) in [6.07, 6.45) is 0. The summed E-state index contributed by atoms with van der Waals surface area (Å²) in [5.41, 5.74) is 5.47. The number of aromatic nitrogens is 2. The van der Waals surface area contributed by atoms with E-state index < -0.39 is 0 Å². The van der Waals surface area contributed by atoms with Crippen LogP contribution < -0.4 is 10.6 Å². The second-order valence-corrected chi connectivity index (χ2v) is 6.58. The maximum atomic E-state index is 5.92. The molecule has 3 aromatic rings. The molecule has 4 nitrogen and oxygen atoms in total. The first-order valence-corrected chi connectivity index (χ1v) is 8.56. The van der Waals surface area contributed by atoms with Crippen molar-refractivity contribution in [2.75, 3.05) is 10.6 Å². The third kappa shape index (κ3) is 4.70. The Bertz CT molecular complexity index is 875. The van der Waals surface area contributed by atoms with E-state index in [-0.39, 0.29) is 0 Å². The Morgan fingerprint density at radius 2 is 1.68 bits per heavy atom. The highest BCUT2D eigenvalue weighted by Gasteiger charge is 2.05. The van der Waals surface area contributed by atoms with Crippen LogP contribution in [0.1, 0.15) is 22.4 Å². The third-order valence-electron chi connectivity index (χ3n) is 3.87. The van der Waals surface area contributed by atoms with Gasteiger partial charge in [0.05, 0.1) is 0 Å². The molecule has 0 radical (unpaired) electrons. The lowest BCUT2D eigenvalue weighted by Gasteiger charge is -2.12. The van der Waals surface area contributed by atoms with Crippen LogP contribution in [0.15, 0.2) is 48.5 Å². The number of hydrogen-bond acceptors (Lipinski definition) is 4. The molecule has 1 heterocycles. The molecule has 0 saturated carbocycles. The Hall–Kier alpha value is -2.59. The van der Waals surface area contributed by atoms with Gasteiger partial charge in [-0.1, -0.05) is 35.9 Å². The van der Waals surface area contributed by atoms with Gasteiger partial charge >= 0.3 is 0 Å². The van der Waals surface area contributed by atoms with Crippen molar-refractivity contribution in [1.29, 1.82) is 0 Å². The van der Waals surface area contributed by atoms with E-state index in [9.17, 15) is 0 Å². The zero-order chi connectivity index (χ0) is 17.8. The SMILES string of the molecule is Cc1ccc(C)c(Nc2cc(C)nc(NCc3ccc(Cl)cc3)n2)c1. The number of nitrogens with one attached hydrogen (secondary N) is 2. The summed E-state index contributed by atoms with van der Waals surface area (Å²) in [5, 5.41) is 7.39. The highest BCUT2D eigenvalue weighted by molar-refractivity contribution is 6.30. The van der Waals surface area contributed by atoms with Gasteiger partial charge in [-0.05, 0) is 55.7 Å². The summed E-state index contributed by atoms with van der Waals surface area (Å²) in [6.45, 7) is 6.76. The van der Waals surface area contributed by atoms with Gasteiger partial charge in [0.1, 0.15) is 5.82 Å². The molecule has 2 N–H and O–H groups in total. The first kappa shape index (κ1) is 17.2. The fourth-order valence-electron chi connectivity index (χ4n) is 2.50. The molecule has 128 valence electrons. The zero-order valence-corrected chi connectivity index (χ0v) is 15.4. The largest absolute Gasteiger partial charge is 0.350 e. The lowest BCUT2D eigenvalue weighted by molar-refractivity contribution is 1.03. The van der Waals surface area contributed by atoms with Crippen LogP contribution in [-0.4, -0.2) is 9.97 Å². The van der Waals surface area contributed by atoms with E-state index in [0.717, 1.165) is 27.8 Å². The lowest BCUT2D eigenvalue weighted by Crippen LogP contribution is -2.06. The second-order valence-electron chi connectivity index (χ2n) is 6.14. The molecule has 0 fully saturated rings. The molecule has 0 aliphatic heterocycles. The van der Waals surface area contributed by atoms with E-state index in [1.165, 1.54) is 11.1 Å². The van der Waals surface area contributed by atoms with E-state index in [0.29, 0.717) is 12.5 Å². The topological polar surface area (TPSA) is 49.8 Å². The van der Waals surface area contributed by atoms with E-state index in [4.69, 9.17) is 11.6 Å². The van der Waals surface area contributed by atoms with Crippen LogP contribution in [0.3, 0.4) is 0 Å². The number of rotatable bonds is 5. The first-order chi connectivity index (χ1) is 12.0. The summed E-state index contributed by atoms with van der Waals surface area (Å²) in [5.74, 6) is 1.38. The molecule has 0 bridgehead atoms. The molecule has 25 heavy (non-hydrogen) atoms. The molecule has 0 atom stereocenters. The molecule has 0 unspecified atom stereocenters. The number of aryl methyl sites for hydroxylation is 3. The van der Waals surface area contributed by atoms with Crippen LogP contribution in [0.2, 0.25) is 5.02 Å². The van der Waals surface area contributed by atoms with E-state index in [1.54, 1.807) is 0 Å². The first-order valence-electron chi connectivity index (χ1n) is 8.18. The van der Waals surface area contributed by atoms with Gasteiger partial charge in [-0.25, -0.2) is 4.98 Å². The van der Waals surface area contributed by atoms with Gasteiger partial charge in [-0.3, -0.25) is 0 Å². The molecule has 5 heteroatoms. The molecule has 0 aliphatic carbocycles. The number of halogens is 1. The molecule has 0 amide bonds. The normalized spacial score (nSPS) is 10.6. The molecule has 3 rings (SSSR count). The van der Waals surface area contributed by atoms with Crippen LogP contribution in [0.25, 0.3) is 0 Å². The van der Waals surface area contributed by atoms with Crippen molar-refractivity contribution in [3.8, 4) is 0 Å². The van der Waals surface area contributed by atoms with Crippen molar-refractivity contribution in [2.24, 2.45) is 0 Å². The van der Waals surface area contributed by atoms with Crippen molar-refractivity contribution < 1.29 is 0 Å². The average molecular weight is 353 g/mol. The van der Waals surface area contributed by atoms with Gasteiger partial charge in [0.2, 0.25) is 5.95 Å². The van der Waals surface area contributed by atoms with E-state index >= 15 is 0 Å². The molecular weight excluding hydrogens is 332 g/mol. The molecule has 1 aromatic heterocycles. The Morgan fingerprint density at radius 1 is 0.920 bits per heavy atom. The van der Waals surface area contributed by atoms with E-state index in [2.05, 4.69) is 52.6 Å². The number of anilines is 3. The van der Waals surface area contributed by atoms with Crippen molar-refractivity contribution in [3.63, 3.8) is 0 Å². The summed E-state index contributed by atoms with van der Waals surface area (Å²) in [4.78, 5) is 9.03. The predicted molar refractivity (Wildman–Crippen MR) is 105 cm³/mol. The average Bonchev–Trinajstić information content (AvgIpc) is 2.57. The number of benzene rings is 2. The zero-order valence-electron chi connectivity index (χ0n) is 14.6. The molecule has 0 saturated heterocycles.